The van der Waals surface area contributed by atoms with Crippen LogP contribution in [0.15, 0.2) is 64.8 Å². The molecule has 1 saturated carbocycles. The second-order valence-electron chi connectivity index (χ2n) is 10.1. The number of allylic oxidation sites excluding steroid dienone is 2. The number of aliphatic imine (C=N–C) groups is 1. The number of esters is 1. The van der Waals surface area contributed by atoms with E-state index in [1.807, 2.05) is 55.5 Å². The highest BCUT2D eigenvalue weighted by Crippen LogP contribution is 2.48. The fraction of sp³-hybridized carbons (Fsp3) is 0.433. The number of rotatable bonds is 5. The van der Waals surface area contributed by atoms with Crippen LogP contribution < -0.4 is 4.74 Å². The third-order valence-corrected chi connectivity index (χ3v) is 8.04. The molecule has 5 nitrogen and oxygen atoms in total. The molecule has 0 saturated heterocycles. The van der Waals surface area contributed by atoms with E-state index in [0.29, 0.717) is 34.9 Å². The summed E-state index contributed by atoms with van der Waals surface area (Å²) in [4.78, 5) is 32.3. The number of carbonyl (C=O) groups excluding carboxylic acids is 2. The molecule has 1 unspecified atom stereocenters. The molecule has 0 N–H and O–H groups in total. The van der Waals surface area contributed by atoms with E-state index in [-0.39, 0.29) is 23.8 Å². The number of ketones is 1. The number of ether oxygens (including phenoxy) is 2. The van der Waals surface area contributed by atoms with Crippen molar-refractivity contribution in [2.24, 2.45) is 10.9 Å². The van der Waals surface area contributed by atoms with Crippen molar-refractivity contribution in [3.8, 4) is 5.75 Å². The molecule has 0 aromatic heterocycles. The number of carbonyl (C=O) groups is 2. The van der Waals surface area contributed by atoms with Crippen LogP contribution in [0.5, 0.6) is 5.75 Å². The molecule has 1 fully saturated rings. The third-order valence-electron chi connectivity index (χ3n) is 7.79. The van der Waals surface area contributed by atoms with E-state index in [0.717, 1.165) is 42.5 Å². The van der Waals surface area contributed by atoms with Crippen LogP contribution in [0.1, 0.15) is 74.8 Å². The molecule has 6 heteroatoms. The van der Waals surface area contributed by atoms with Crippen LogP contribution in [0.25, 0.3) is 0 Å². The molecule has 1 aliphatic heterocycles. The Hall–Kier alpha value is -2.92. The Morgan fingerprint density at radius 2 is 1.72 bits per heavy atom. The van der Waals surface area contributed by atoms with Gasteiger partial charge in [0, 0.05) is 39.9 Å². The van der Waals surface area contributed by atoms with E-state index >= 15 is 0 Å². The zero-order valence-corrected chi connectivity index (χ0v) is 21.6. The molecule has 5 rings (SSSR count). The quantitative estimate of drug-likeness (QED) is 0.419. The van der Waals surface area contributed by atoms with E-state index in [1.165, 1.54) is 6.42 Å². The average molecular weight is 506 g/mol. The second-order valence-corrected chi connectivity index (χ2v) is 10.5. The fourth-order valence-electron chi connectivity index (χ4n) is 6.02. The standard InChI is InChI=1S/C30H32ClNO4/c1-18-27(30(34)36-22-8-4-3-5-9-22)28(23-10-6-7-11-26(23)35-2)29-24(32-18)16-20(17-25(29)33)19-12-14-21(31)15-13-19/h6-7,10-15,20,22,27-28H,3-5,8-9,16-17H2,1-2H3/t20-,27?,28-/m1/s1. The number of hydrogen-bond acceptors (Lipinski definition) is 5. The van der Waals surface area contributed by atoms with Gasteiger partial charge in [-0.3, -0.25) is 14.6 Å². The summed E-state index contributed by atoms with van der Waals surface area (Å²) in [6.07, 6.45) is 6.05. The molecule has 2 aliphatic carbocycles. The predicted molar refractivity (Wildman–Crippen MR) is 141 cm³/mol. The largest absolute Gasteiger partial charge is 0.496 e. The first-order valence-electron chi connectivity index (χ1n) is 12.9. The summed E-state index contributed by atoms with van der Waals surface area (Å²) in [7, 11) is 1.62. The summed E-state index contributed by atoms with van der Waals surface area (Å²) in [5.74, 6) is -0.722. The van der Waals surface area contributed by atoms with Crippen molar-refractivity contribution < 1.29 is 19.1 Å². The molecular formula is C30H32ClNO4. The maximum absolute atomic E-state index is 13.8. The smallest absolute Gasteiger partial charge is 0.315 e. The summed E-state index contributed by atoms with van der Waals surface area (Å²) in [5.41, 5.74) is 3.97. The lowest BCUT2D eigenvalue weighted by Crippen LogP contribution is -2.39. The Morgan fingerprint density at radius 3 is 2.44 bits per heavy atom. The first-order valence-corrected chi connectivity index (χ1v) is 13.2. The molecule has 0 radical (unpaired) electrons. The van der Waals surface area contributed by atoms with Crippen molar-refractivity contribution in [3.63, 3.8) is 0 Å². The molecule has 3 atom stereocenters. The van der Waals surface area contributed by atoms with Crippen LogP contribution in [0.4, 0.5) is 0 Å². The summed E-state index contributed by atoms with van der Waals surface area (Å²) < 4.78 is 11.7. The summed E-state index contributed by atoms with van der Waals surface area (Å²) in [6.45, 7) is 1.88. The molecule has 188 valence electrons. The van der Waals surface area contributed by atoms with Gasteiger partial charge in [-0.1, -0.05) is 48.4 Å². The number of nitrogens with zero attached hydrogens (tertiary/aromatic N) is 1. The Kier molecular flexibility index (Phi) is 7.29. The number of halogens is 1. The van der Waals surface area contributed by atoms with Crippen LogP contribution in [0.2, 0.25) is 5.02 Å². The van der Waals surface area contributed by atoms with Gasteiger partial charge in [0.1, 0.15) is 17.8 Å². The van der Waals surface area contributed by atoms with Gasteiger partial charge in [0.05, 0.1) is 7.11 Å². The van der Waals surface area contributed by atoms with Crippen molar-refractivity contribution in [2.75, 3.05) is 7.11 Å². The highest BCUT2D eigenvalue weighted by Gasteiger charge is 2.46. The number of methoxy groups -OCH3 is 1. The average Bonchev–Trinajstić information content (AvgIpc) is 2.88. The molecule has 3 aliphatic rings. The Morgan fingerprint density at radius 1 is 1.00 bits per heavy atom. The van der Waals surface area contributed by atoms with Crippen LogP contribution in [0, 0.1) is 5.92 Å². The zero-order valence-electron chi connectivity index (χ0n) is 20.8. The first kappa shape index (κ1) is 24.8. The maximum atomic E-state index is 13.8. The van der Waals surface area contributed by atoms with Crippen LogP contribution in [-0.4, -0.2) is 30.7 Å². The molecule has 36 heavy (non-hydrogen) atoms. The number of para-hydroxylation sites is 1. The molecule has 0 bridgehead atoms. The van der Waals surface area contributed by atoms with E-state index in [9.17, 15) is 9.59 Å². The lowest BCUT2D eigenvalue weighted by molar-refractivity contribution is -0.153. The van der Waals surface area contributed by atoms with Gasteiger partial charge < -0.3 is 9.47 Å². The third kappa shape index (κ3) is 4.86. The Labute approximate surface area is 217 Å². The molecule has 2 aromatic rings. The highest BCUT2D eigenvalue weighted by molar-refractivity contribution is 6.30. The van der Waals surface area contributed by atoms with Crippen LogP contribution >= 0.6 is 11.6 Å². The summed E-state index contributed by atoms with van der Waals surface area (Å²) in [5, 5.41) is 0.669. The molecule has 2 aromatic carbocycles. The summed E-state index contributed by atoms with van der Waals surface area (Å²) in [6, 6.07) is 15.3. The van der Waals surface area contributed by atoms with Gasteiger partial charge in [-0.05, 0) is 68.7 Å². The number of Topliss-reactive ketones (excluding diaryl/α,β-unsaturated/α-hetero) is 1. The zero-order chi connectivity index (χ0) is 25.2. The maximum Gasteiger partial charge on any atom is 0.315 e. The van der Waals surface area contributed by atoms with E-state index in [2.05, 4.69) is 0 Å². The van der Waals surface area contributed by atoms with Gasteiger partial charge in [-0.25, -0.2) is 0 Å². The molecule has 0 spiro atoms. The topological polar surface area (TPSA) is 65.0 Å². The van der Waals surface area contributed by atoms with E-state index in [4.69, 9.17) is 26.1 Å². The minimum atomic E-state index is -0.655. The summed E-state index contributed by atoms with van der Waals surface area (Å²) >= 11 is 6.09. The van der Waals surface area contributed by atoms with Crippen LogP contribution in [0.3, 0.4) is 0 Å². The SMILES string of the molecule is COc1ccccc1[C@H]1C2=C(C[C@@H](c3ccc(Cl)cc3)CC2=O)N=C(C)C1C(=O)OC1CCCCC1. The second kappa shape index (κ2) is 10.6. The number of benzene rings is 2. The van der Waals surface area contributed by atoms with Gasteiger partial charge in [0.15, 0.2) is 5.78 Å². The van der Waals surface area contributed by atoms with E-state index in [1.54, 1.807) is 7.11 Å². The molecule has 1 heterocycles. The molecular weight excluding hydrogens is 474 g/mol. The number of hydrogen-bond donors (Lipinski definition) is 0. The minimum absolute atomic E-state index is 0.0223. The van der Waals surface area contributed by atoms with Crippen molar-refractivity contribution in [2.45, 2.75) is 69.8 Å². The Bertz CT molecular complexity index is 1210. The van der Waals surface area contributed by atoms with Crippen molar-refractivity contribution in [1.82, 2.24) is 0 Å². The van der Waals surface area contributed by atoms with Gasteiger partial charge in [-0.2, -0.15) is 0 Å². The van der Waals surface area contributed by atoms with Crippen LogP contribution in [-0.2, 0) is 14.3 Å². The Balaban J connectivity index is 1.55. The predicted octanol–water partition coefficient (Wildman–Crippen LogP) is 6.80. The first-order chi connectivity index (χ1) is 17.5. The lowest BCUT2D eigenvalue weighted by Gasteiger charge is -2.37. The van der Waals surface area contributed by atoms with Crippen molar-refractivity contribution in [1.29, 1.82) is 0 Å². The van der Waals surface area contributed by atoms with E-state index < -0.39 is 11.8 Å². The fourth-order valence-corrected chi connectivity index (χ4v) is 6.14. The molecule has 0 amide bonds. The van der Waals surface area contributed by atoms with Gasteiger partial charge >= 0.3 is 5.97 Å². The van der Waals surface area contributed by atoms with Crippen molar-refractivity contribution in [3.05, 3.63) is 76.0 Å². The highest BCUT2D eigenvalue weighted by atomic mass is 35.5. The van der Waals surface area contributed by atoms with Gasteiger partial charge in [0.25, 0.3) is 0 Å². The monoisotopic (exact) mass is 505 g/mol. The van der Waals surface area contributed by atoms with Gasteiger partial charge in [-0.15, -0.1) is 0 Å². The van der Waals surface area contributed by atoms with Crippen molar-refractivity contribution >= 4 is 29.1 Å². The lowest BCUT2D eigenvalue weighted by atomic mass is 9.69. The van der Waals surface area contributed by atoms with Gasteiger partial charge in [0.2, 0.25) is 0 Å². The normalized spacial score (nSPS) is 24.7. The minimum Gasteiger partial charge on any atom is -0.496 e.